The Labute approximate surface area is 153 Å². The molecule has 5 nitrogen and oxygen atoms in total. The van der Waals surface area contributed by atoms with E-state index in [9.17, 15) is 9.18 Å². The number of benzene rings is 2. The van der Waals surface area contributed by atoms with Crippen molar-refractivity contribution in [3.8, 4) is 23.8 Å². The van der Waals surface area contributed by atoms with Gasteiger partial charge in [-0.1, -0.05) is 29.4 Å². The Balaban J connectivity index is 1.87. The number of hydrogen-bond donors (Lipinski definition) is 0. The van der Waals surface area contributed by atoms with Gasteiger partial charge in [0, 0.05) is 6.07 Å². The largest absolute Gasteiger partial charge is 0.497 e. The quantitative estimate of drug-likeness (QED) is 0.649. The van der Waals surface area contributed by atoms with Crippen LogP contribution >= 0.6 is 11.3 Å². The van der Waals surface area contributed by atoms with Crippen LogP contribution < -0.4 is 14.3 Å². The second-order valence-corrected chi connectivity index (χ2v) is 6.24. The molecule has 0 saturated carbocycles. The molecule has 1 amide bonds. The maximum Gasteiger partial charge on any atom is 0.286 e. The number of methoxy groups -OCH3 is 1. The molecule has 0 bridgehead atoms. The molecule has 0 aliphatic rings. The first kappa shape index (κ1) is 17.7. The Hall–Kier alpha value is -3.11. The highest BCUT2D eigenvalue weighted by Crippen LogP contribution is 2.20. The zero-order chi connectivity index (χ0) is 18.5. The lowest BCUT2D eigenvalue weighted by atomic mass is 10.3. The van der Waals surface area contributed by atoms with Crippen molar-refractivity contribution >= 4 is 27.5 Å². The summed E-state index contributed by atoms with van der Waals surface area (Å²) in [5, 5.41) is 0. The number of nitrogens with zero attached hydrogens (tertiary/aromatic N) is 2. The van der Waals surface area contributed by atoms with Gasteiger partial charge in [0.05, 0.1) is 23.9 Å². The molecule has 2 aromatic carbocycles. The van der Waals surface area contributed by atoms with E-state index in [1.165, 1.54) is 22.0 Å². The summed E-state index contributed by atoms with van der Waals surface area (Å²) in [5.74, 6) is 2.67. The van der Waals surface area contributed by atoms with Crippen molar-refractivity contribution in [1.82, 2.24) is 4.57 Å². The van der Waals surface area contributed by atoms with Crippen LogP contribution in [0.1, 0.15) is 0 Å². The van der Waals surface area contributed by atoms with Crippen LogP contribution in [0.4, 0.5) is 4.39 Å². The lowest BCUT2D eigenvalue weighted by Crippen LogP contribution is -2.19. The van der Waals surface area contributed by atoms with Crippen molar-refractivity contribution in [3.05, 3.63) is 53.1 Å². The summed E-state index contributed by atoms with van der Waals surface area (Å²) in [6.07, 6.45) is 5.37. The lowest BCUT2D eigenvalue weighted by Gasteiger charge is -2.05. The van der Waals surface area contributed by atoms with E-state index in [4.69, 9.17) is 15.9 Å². The molecule has 7 heteroatoms. The molecule has 3 aromatic rings. The van der Waals surface area contributed by atoms with Gasteiger partial charge in [-0.2, -0.15) is 4.99 Å². The molecular formula is C19H15FN2O3S. The van der Waals surface area contributed by atoms with E-state index < -0.39 is 11.7 Å². The van der Waals surface area contributed by atoms with E-state index in [0.717, 1.165) is 0 Å². The molecule has 0 N–H and O–H groups in total. The maximum atomic E-state index is 14.1. The fourth-order valence-electron chi connectivity index (χ4n) is 2.39. The van der Waals surface area contributed by atoms with Gasteiger partial charge in [0.1, 0.15) is 17.3 Å². The molecular weight excluding hydrogens is 355 g/mol. The molecule has 1 aromatic heterocycles. The Morgan fingerprint density at radius 1 is 1.31 bits per heavy atom. The first-order valence-corrected chi connectivity index (χ1v) is 8.49. The number of hydrogen-bond acceptors (Lipinski definition) is 4. The number of rotatable bonds is 5. The minimum absolute atomic E-state index is 0.115. The van der Waals surface area contributed by atoms with E-state index in [0.29, 0.717) is 26.5 Å². The third-order valence-corrected chi connectivity index (χ3v) is 4.57. The molecule has 26 heavy (non-hydrogen) atoms. The highest BCUT2D eigenvalue weighted by molar-refractivity contribution is 7.16. The van der Waals surface area contributed by atoms with Gasteiger partial charge in [-0.05, 0) is 24.3 Å². The van der Waals surface area contributed by atoms with E-state index in [1.54, 1.807) is 43.5 Å². The number of carbonyl (C=O) groups is 1. The van der Waals surface area contributed by atoms with E-state index in [1.807, 2.05) is 0 Å². The number of thiazole rings is 1. The highest BCUT2D eigenvalue weighted by Gasteiger charge is 2.11. The van der Waals surface area contributed by atoms with Gasteiger partial charge in [-0.3, -0.25) is 4.79 Å². The highest BCUT2D eigenvalue weighted by atomic mass is 32.1. The van der Waals surface area contributed by atoms with E-state index >= 15 is 0 Å². The van der Waals surface area contributed by atoms with Crippen molar-refractivity contribution in [1.29, 1.82) is 0 Å². The van der Waals surface area contributed by atoms with Crippen LogP contribution in [0.2, 0.25) is 0 Å². The Kier molecular flexibility index (Phi) is 5.34. The van der Waals surface area contributed by atoms with E-state index in [2.05, 4.69) is 10.9 Å². The Bertz CT molecular complexity index is 1060. The SMILES string of the molecule is C#CCn1c(=NC(=O)COc2cccc(OC)c2)sc2cccc(F)c21. The molecule has 0 atom stereocenters. The summed E-state index contributed by atoms with van der Waals surface area (Å²) in [6.45, 7) is -0.135. The summed E-state index contributed by atoms with van der Waals surface area (Å²) in [5.41, 5.74) is 0.343. The van der Waals surface area contributed by atoms with Crippen LogP contribution in [-0.2, 0) is 11.3 Å². The van der Waals surface area contributed by atoms with E-state index in [-0.39, 0.29) is 13.2 Å². The molecule has 0 saturated heterocycles. The summed E-state index contributed by atoms with van der Waals surface area (Å²) in [6, 6.07) is 11.6. The van der Waals surface area contributed by atoms with Crippen LogP contribution in [0.5, 0.6) is 11.5 Å². The number of aromatic nitrogens is 1. The summed E-state index contributed by atoms with van der Waals surface area (Å²) < 4.78 is 26.8. The molecule has 1 heterocycles. The van der Waals surface area contributed by atoms with Gasteiger partial charge in [0.2, 0.25) is 0 Å². The molecule has 132 valence electrons. The van der Waals surface area contributed by atoms with Crippen LogP contribution in [0.3, 0.4) is 0 Å². The zero-order valence-electron chi connectivity index (χ0n) is 13.9. The average molecular weight is 370 g/mol. The molecule has 0 aliphatic heterocycles. The third-order valence-electron chi connectivity index (χ3n) is 3.53. The number of carbonyl (C=O) groups excluding carboxylic acids is 1. The zero-order valence-corrected chi connectivity index (χ0v) is 14.8. The van der Waals surface area contributed by atoms with Crippen LogP contribution in [0.15, 0.2) is 47.5 Å². The smallest absolute Gasteiger partial charge is 0.286 e. The number of fused-ring (bicyclic) bond motifs is 1. The monoisotopic (exact) mass is 370 g/mol. The number of halogens is 1. The molecule has 0 radical (unpaired) electrons. The molecule has 0 aliphatic carbocycles. The molecule has 0 unspecified atom stereocenters. The van der Waals surface area contributed by atoms with Gasteiger partial charge in [-0.15, -0.1) is 6.42 Å². The van der Waals surface area contributed by atoms with Crippen molar-refractivity contribution < 1.29 is 18.7 Å². The number of ether oxygens (including phenoxy) is 2. The Morgan fingerprint density at radius 3 is 2.85 bits per heavy atom. The van der Waals surface area contributed by atoms with Gasteiger partial charge in [0.15, 0.2) is 11.4 Å². The topological polar surface area (TPSA) is 52.8 Å². The second-order valence-electron chi connectivity index (χ2n) is 5.23. The Morgan fingerprint density at radius 2 is 2.08 bits per heavy atom. The van der Waals surface area contributed by atoms with Gasteiger partial charge in [0.25, 0.3) is 5.91 Å². The number of terminal acetylenes is 1. The van der Waals surface area contributed by atoms with Crippen LogP contribution in [0.25, 0.3) is 10.2 Å². The summed E-state index contributed by atoms with van der Waals surface area (Å²) in [7, 11) is 1.55. The summed E-state index contributed by atoms with van der Waals surface area (Å²) >= 11 is 1.20. The lowest BCUT2D eigenvalue weighted by molar-refractivity contribution is -0.120. The van der Waals surface area contributed by atoms with Crippen LogP contribution in [0, 0.1) is 18.2 Å². The normalized spacial score (nSPS) is 11.3. The third kappa shape index (κ3) is 3.76. The van der Waals surface area contributed by atoms with Gasteiger partial charge in [-0.25, -0.2) is 4.39 Å². The van der Waals surface area contributed by atoms with Crippen molar-refractivity contribution in [3.63, 3.8) is 0 Å². The van der Waals surface area contributed by atoms with Crippen molar-refractivity contribution in [2.75, 3.05) is 13.7 Å². The second kappa shape index (κ2) is 7.85. The minimum Gasteiger partial charge on any atom is -0.497 e. The molecule has 0 fully saturated rings. The fourth-order valence-corrected chi connectivity index (χ4v) is 3.45. The minimum atomic E-state index is -0.495. The standard InChI is InChI=1S/C19H15FN2O3S/c1-3-10-22-18-15(20)8-5-9-16(18)26-19(22)21-17(23)12-25-14-7-4-6-13(11-14)24-2/h1,4-9,11H,10,12H2,2H3. The van der Waals surface area contributed by atoms with Crippen molar-refractivity contribution in [2.24, 2.45) is 4.99 Å². The maximum absolute atomic E-state index is 14.1. The van der Waals surface area contributed by atoms with Gasteiger partial charge < -0.3 is 14.0 Å². The fraction of sp³-hybridized carbons (Fsp3) is 0.158. The first-order chi connectivity index (χ1) is 12.6. The predicted octanol–water partition coefficient (Wildman–Crippen LogP) is 2.99. The van der Waals surface area contributed by atoms with Crippen molar-refractivity contribution in [2.45, 2.75) is 6.54 Å². The molecule has 3 rings (SSSR count). The van der Waals surface area contributed by atoms with Crippen LogP contribution in [-0.4, -0.2) is 24.2 Å². The number of amides is 1. The average Bonchev–Trinajstić information content (AvgIpc) is 2.99. The predicted molar refractivity (Wildman–Crippen MR) is 97.7 cm³/mol. The first-order valence-electron chi connectivity index (χ1n) is 7.68. The molecule has 0 spiro atoms. The summed E-state index contributed by atoms with van der Waals surface area (Å²) in [4.78, 5) is 16.6. The number of para-hydroxylation sites is 1. The van der Waals surface area contributed by atoms with Gasteiger partial charge >= 0.3 is 0 Å².